The molecule has 2 aromatic rings. The van der Waals surface area contributed by atoms with Crippen molar-refractivity contribution in [1.29, 1.82) is 0 Å². The van der Waals surface area contributed by atoms with E-state index in [-0.39, 0.29) is 16.1 Å². The molecule has 1 amide bonds. The van der Waals surface area contributed by atoms with Crippen LogP contribution in [0.15, 0.2) is 18.2 Å². The minimum Gasteiger partial charge on any atom is -0.478 e. The van der Waals surface area contributed by atoms with Crippen molar-refractivity contribution < 1.29 is 19.1 Å². The molecule has 0 atom stereocenters. The molecular weight excluding hydrogens is 283 g/mol. The summed E-state index contributed by atoms with van der Waals surface area (Å²) < 4.78 is 17.6. The van der Waals surface area contributed by atoms with Crippen LogP contribution in [0.1, 0.15) is 32.0 Å². The van der Waals surface area contributed by atoms with E-state index >= 15 is 0 Å². The number of aryl methyl sites for hydroxylation is 2. The van der Waals surface area contributed by atoms with Crippen molar-refractivity contribution in [3.63, 3.8) is 0 Å². The smallest absolute Gasteiger partial charge is 0.340 e. The van der Waals surface area contributed by atoms with Crippen LogP contribution >= 0.6 is 11.5 Å². The third-order valence-corrected chi connectivity index (χ3v) is 3.53. The lowest BCUT2D eigenvalue weighted by molar-refractivity contribution is 0.0697. The van der Waals surface area contributed by atoms with Crippen LogP contribution in [0.25, 0.3) is 0 Å². The van der Waals surface area contributed by atoms with Gasteiger partial charge in [-0.3, -0.25) is 4.79 Å². The maximum atomic E-state index is 13.7. The van der Waals surface area contributed by atoms with E-state index in [1.54, 1.807) is 13.0 Å². The summed E-state index contributed by atoms with van der Waals surface area (Å²) in [5.74, 6) is -2.54. The normalized spacial score (nSPS) is 10.3. The number of carboxylic acids is 1. The van der Waals surface area contributed by atoms with E-state index in [1.807, 2.05) is 0 Å². The second kappa shape index (κ2) is 5.38. The SMILES string of the molecule is Cc1ccc(C(=O)Nc2snc(C)c2C(=O)O)c(F)c1. The quantitative estimate of drug-likeness (QED) is 0.912. The Labute approximate surface area is 118 Å². The molecule has 0 fully saturated rings. The van der Waals surface area contributed by atoms with Gasteiger partial charge in [0.2, 0.25) is 0 Å². The number of nitrogens with one attached hydrogen (secondary N) is 1. The molecule has 0 bridgehead atoms. The predicted octanol–water partition coefficient (Wildman–Crippen LogP) is 2.85. The number of aromatic carboxylic acids is 1. The summed E-state index contributed by atoms with van der Waals surface area (Å²) in [6.07, 6.45) is 0. The average molecular weight is 294 g/mol. The number of aromatic nitrogens is 1. The zero-order valence-electron chi connectivity index (χ0n) is 10.7. The molecular formula is C13H11FN2O3S. The van der Waals surface area contributed by atoms with Crippen LogP contribution in [-0.4, -0.2) is 21.4 Å². The van der Waals surface area contributed by atoms with Gasteiger partial charge < -0.3 is 10.4 Å². The first-order valence-corrected chi connectivity index (χ1v) is 6.44. The minimum absolute atomic E-state index is 0.0733. The molecule has 7 heteroatoms. The van der Waals surface area contributed by atoms with Gasteiger partial charge in [0.1, 0.15) is 16.4 Å². The van der Waals surface area contributed by atoms with Gasteiger partial charge in [-0.05, 0) is 43.1 Å². The number of carbonyl (C=O) groups is 2. The van der Waals surface area contributed by atoms with Crippen LogP contribution in [0.4, 0.5) is 9.39 Å². The number of amides is 1. The second-order valence-electron chi connectivity index (χ2n) is 4.21. The molecule has 0 saturated heterocycles. The van der Waals surface area contributed by atoms with Crippen LogP contribution in [0.3, 0.4) is 0 Å². The number of anilines is 1. The molecule has 0 aliphatic heterocycles. The third kappa shape index (κ3) is 2.67. The van der Waals surface area contributed by atoms with E-state index in [2.05, 4.69) is 9.69 Å². The van der Waals surface area contributed by atoms with E-state index in [0.29, 0.717) is 11.3 Å². The summed E-state index contributed by atoms with van der Waals surface area (Å²) in [5, 5.41) is 11.5. The van der Waals surface area contributed by atoms with Crippen molar-refractivity contribution in [3.05, 3.63) is 46.4 Å². The molecule has 5 nitrogen and oxygen atoms in total. The zero-order valence-corrected chi connectivity index (χ0v) is 11.5. The molecule has 20 heavy (non-hydrogen) atoms. The molecule has 0 spiro atoms. The summed E-state index contributed by atoms with van der Waals surface area (Å²) in [7, 11) is 0. The first kappa shape index (κ1) is 14.1. The highest BCUT2D eigenvalue weighted by Gasteiger charge is 2.21. The molecule has 1 heterocycles. The molecule has 0 unspecified atom stereocenters. The summed E-state index contributed by atoms with van der Waals surface area (Å²) >= 11 is 0.851. The van der Waals surface area contributed by atoms with Crippen molar-refractivity contribution in [2.75, 3.05) is 5.32 Å². The second-order valence-corrected chi connectivity index (χ2v) is 4.99. The van der Waals surface area contributed by atoms with Crippen LogP contribution in [0, 0.1) is 19.7 Å². The first-order chi connectivity index (χ1) is 9.40. The Morgan fingerprint density at radius 3 is 2.65 bits per heavy atom. The van der Waals surface area contributed by atoms with E-state index in [9.17, 15) is 14.0 Å². The van der Waals surface area contributed by atoms with Crippen LogP contribution in [0.5, 0.6) is 0 Å². The van der Waals surface area contributed by atoms with Gasteiger partial charge in [0.25, 0.3) is 5.91 Å². The fraction of sp³-hybridized carbons (Fsp3) is 0.154. The van der Waals surface area contributed by atoms with Gasteiger partial charge in [-0.1, -0.05) is 6.07 Å². The molecule has 0 saturated carbocycles. The number of nitrogens with zero attached hydrogens (tertiary/aromatic N) is 1. The average Bonchev–Trinajstić information content (AvgIpc) is 2.70. The van der Waals surface area contributed by atoms with Gasteiger partial charge in [-0.15, -0.1) is 0 Å². The molecule has 0 radical (unpaired) electrons. The fourth-order valence-corrected chi connectivity index (χ4v) is 2.47. The molecule has 1 aromatic carbocycles. The van der Waals surface area contributed by atoms with Crippen molar-refractivity contribution in [2.45, 2.75) is 13.8 Å². The van der Waals surface area contributed by atoms with Crippen LogP contribution < -0.4 is 5.32 Å². The van der Waals surface area contributed by atoms with E-state index in [1.165, 1.54) is 19.1 Å². The monoisotopic (exact) mass is 294 g/mol. The Hall–Kier alpha value is -2.28. The van der Waals surface area contributed by atoms with Gasteiger partial charge in [0.15, 0.2) is 0 Å². The Balaban J connectivity index is 2.31. The fourth-order valence-electron chi connectivity index (χ4n) is 1.68. The van der Waals surface area contributed by atoms with Gasteiger partial charge in [-0.2, -0.15) is 4.37 Å². The number of benzene rings is 1. The molecule has 1 aromatic heterocycles. The van der Waals surface area contributed by atoms with Crippen molar-refractivity contribution in [2.24, 2.45) is 0 Å². The first-order valence-electron chi connectivity index (χ1n) is 5.67. The Bertz CT molecular complexity index is 697. The highest BCUT2D eigenvalue weighted by molar-refractivity contribution is 7.11. The summed E-state index contributed by atoms with van der Waals surface area (Å²) in [5.41, 5.74) is 0.787. The molecule has 0 aliphatic carbocycles. The van der Waals surface area contributed by atoms with Crippen molar-refractivity contribution in [1.82, 2.24) is 4.37 Å². The number of halogens is 1. The van der Waals surface area contributed by atoms with Crippen LogP contribution in [0.2, 0.25) is 0 Å². The molecule has 2 N–H and O–H groups in total. The summed E-state index contributed by atoms with van der Waals surface area (Å²) in [6.45, 7) is 3.24. The van der Waals surface area contributed by atoms with Gasteiger partial charge in [0, 0.05) is 0 Å². The molecule has 0 aliphatic rings. The molecule has 2 rings (SSSR count). The van der Waals surface area contributed by atoms with Gasteiger partial charge in [0.05, 0.1) is 11.3 Å². The third-order valence-electron chi connectivity index (χ3n) is 2.67. The van der Waals surface area contributed by atoms with E-state index in [0.717, 1.165) is 11.5 Å². The number of rotatable bonds is 3. The van der Waals surface area contributed by atoms with Crippen molar-refractivity contribution >= 4 is 28.4 Å². The van der Waals surface area contributed by atoms with Gasteiger partial charge in [-0.25, -0.2) is 9.18 Å². The highest BCUT2D eigenvalue weighted by Crippen LogP contribution is 2.25. The number of hydrogen-bond donors (Lipinski definition) is 2. The summed E-state index contributed by atoms with van der Waals surface area (Å²) in [6, 6.07) is 4.20. The number of hydrogen-bond acceptors (Lipinski definition) is 4. The number of carboxylic acid groups (broad SMARTS) is 1. The Kier molecular flexibility index (Phi) is 3.80. The predicted molar refractivity (Wildman–Crippen MR) is 72.9 cm³/mol. The number of carbonyl (C=O) groups excluding carboxylic acids is 1. The van der Waals surface area contributed by atoms with Gasteiger partial charge >= 0.3 is 5.97 Å². The summed E-state index contributed by atoms with van der Waals surface area (Å²) in [4.78, 5) is 23.0. The van der Waals surface area contributed by atoms with Crippen molar-refractivity contribution in [3.8, 4) is 0 Å². The highest BCUT2D eigenvalue weighted by atomic mass is 32.1. The topological polar surface area (TPSA) is 79.3 Å². The Morgan fingerprint density at radius 2 is 2.05 bits per heavy atom. The lowest BCUT2D eigenvalue weighted by Gasteiger charge is -2.05. The maximum absolute atomic E-state index is 13.7. The van der Waals surface area contributed by atoms with E-state index < -0.39 is 17.7 Å². The molecule has 104 valence electrons. The standard InChI is InChI=1S/C13H11FN2O3S/c1-6-3-4-8(9(14)5-6)11(17)15-12-10(13(18)19)7(2)16-20-12/h3-5H,1-2H3,(H,15,17)(H,18,19). The maximum Gasteiger partial charge on any atom is 0.340 e. The van der Waals surface area contributed by atoms with E-state index in [4.69, 9.17) is 5.11 Å². The largest absolute Gasteiger partial charge is 0.478 e. The zero-order chi connectivity index (χ0) is 14.9. The Morgan fingerprint density at radius 1 is 1.35 bits per heavy atom. The lowest BCUT2D eigenvalue weighted by atomic mass is 10.1. The van der Waals surface area contributed by atoms with Crippen LogP contribution in [-0.2, 0) is 0 Å². The minimum atomic E-state index is -1.18. The lowest BCUT2D eigenvalue weighted by Crippen LogP contribution is -2.15.